The number of Topliss-reactive ketones (excluding diaryl/α,β-unsaturated/α-hetero) is 1. The number of hydrogen-bond donors (Lipinski definition) is 1. The Morgan fingerprint density at radius 2 is 1.67 bits per heavy atom. The highest BCUT2D eigenvalue weighted by molar-refractivity contribution is 6.32. The van der Waals surface area contributed by atoms with Gasteiger partial charge in [0.25, 0.3) is 0 Å². The van der Waals surface area contributed by atoms with Crippen LogP contribution in [0, 0.1) is 0 Å². The van der Waals surface area contributed by atoms with E-state index < -0.39 is 11.9 Å². The SMILES string of the molecule is COc1cc(OC)c(OC)cc1/C=C1\Oc2c(ccc3c2[C@@H](c2ccc(O)c(Cl)c2)CC(=O)O3)C1=O. The van der Waals surface area contributed by atoms with Crippen LogP contribution in [0.1, 0.15) is 39.4 Å². The van der Waals surface area contributed by atoms with Gasteiger partial charge < -0.3 is 28.8 Å². The predicted octanol–water partition coefficient (Wildman–Crippen LogP) is 5.13. The molecular formula is C27H21ClO8. The second-order valence-corrected chi connectivity index (χ2v) is 8.59. The second kappa shape index (κ2) is 9.13. The Labute approximate surface area is 211 Å². The first kappa shape index (κ1) is 23.6. The summed E-state index contributed by atoms with van der Waals surface area (Å²) in [6.07, 6.45) is 1.58. The highest BCUT2D eigenvalue weighted by Gasteiger charge is 2.38. The zero-order chi connectivity index (χ0) is 25.6. The van der Waals surface area contributed by atoms with Gasteiger partial charge in [-0.15, -0.1) is 0 Å². The molecule has 0 aromatic heterocycles. The predicted molar refractivity (Wildman–Crippen MR) is 131 cm³/mol. The van der Waals surface area contributed by atoms with Crippen molar-refractivity contribution in [3.05, 3.63) is 75.5 Å². The topological polar surface area (TPSA) is 101 Å². The summed E-state index contributed by atoms with van der Waals surface area (Å²) in [5, 5.41) is 9.99. The number of aromatic hydroxyl groups is 1. The number of ether oxygens (including phenoxy) is 5. The van der Waals surface area contributed by atoms with Crippen molar-refractivity contribution in [2.24, 2.45) is 0 Å². The van der Waals surface area contributed by atoms with Gasteiger partial charge in [0.1, 0.15) is 23.0 Å². The Morgan fingerprint density at radius 1 is 0.944 bits per heavy atom. The highest BCUT2D eigenvalue weighted by atomic mass is 35.5. The van der Waals surface area contributed by atoms with Crippen molar-refractivity contribution in [2.75, 3.05) is 21.3 Å². The van der Waals surface area contributed by atoms with Crippen LogP contribution < -0.4 is 23.7 Å². The minimum atomic E-state index is -0.489. The Kier molecular flexibility index (Phi) is 5.97. The Balaban J connectivity index is 1.61. The lowest BCUT2D eigenvalue weighted by atomic mass is 9.84. The molecule has 9 heteroatoms. The van der Waals surface area contributed by atoms with Crippen LogP contribution in [0.3, 0.4) is 0 Å². The number of carbonyl (C=O) groups excluding carboxylic acids is 2. The molecule has 2 heterocycles. The van der Waals surface area contributed by atoms with E-state index in [1.807, 2.05) is 0 Å². The summed E-state index contributed by atoms with van der Waals surface area (Å²) in [6, 6.07) is 11.2. The van der Waals surface area contributed by atoms with Crippen molar-refractivity contribution in [1.29, 1.82) is 0 Å². The van der Waals surface area contributed by atoms with Gasteiger partial charge in [0.15, 0.2) is 17.3 Å². The fourth-order valence-electron chi connectivity index (χ4n) is 4.44. The molecule has 2 aliphatic heterocycles. The number of esters is 1. The van der Waals surface area contributed by atoms with E-state index in [1.54, 1.807) is 42.5 Å². The fraction of sp³-hybridized carbons (Fsp3) is 0.185. The number of phenolic OH excluding ortho intramolecular Hbond substituents is 1. The largest absolute Gasteiger partial charge is 0.506 e. The first-order valence-electron chi connectivity index (χ1n) is 10.9. The number of allylic oxidation sites excluding steroid dienone is 1. The van der Waals surface area contributed by atoms with Gasteiger partial charge in [-0.1, -0.05) is 17.7 Å². The lowest BCUT2D eigenvalue weighted by Crippen LogP contribution is -2.21. The third kappa shape index (κ3) is 3.89. The van der Waals surface area contributed by atoms with E-state index in [2.05, 4.69) is 0 Å². The van der Waals surface area contributed by atoms with Crippen LogP contribution in [0.5, 0.6) is 34.5 Å². The smallest absolute Gasteiger partial charge is 0.312 e. The molecule has 184 valence electrons. The zero-order valence-electron chi connectivity index (χ0n) is 19.6. The molecule has 36 heavy (non-hydrogen) atoms. The summed E-state index contributed by atoms with van der Waals surface area (Å²) in [7, 11) is 4.54. The highest BCUT2D eigenvalue weighted by Crippen LogP contribution is 2.50. The summed E-state index contributed by atoms with van der Waals surface area (Å²) in [5.74, 6) is 0.766. The molecule has 1 atom stereocenters. The second-order valence-electron chi connectivity index (χ2n) is 8.18. The number of phenols is 1. The van der Waals surface area contributed by atoms with Crippen LogP contribution in [-0.2, 0) is 4.79 Å². The molecule has 0 aliphatic carbocycles. The van der Waals surface area contributed by atoms with Gasteiger partial charge in [-0.3, -0.25) is 9.59 Å². The van der Waals surface area contributed by atoms with E-state index >= 15 is 0 Å². The molecule has 5 rings (SSSR count). The molecule has 3 aromatic carbocycles. The molecule has 0 bridgehead atoms. The summed E-state index contributed by atoms with van der Waals surface area (Å²) < 4.78 is 27.7. The van der Waals surface area contributed by atoms with Crippen molar-refractivity contribution in [2.45, 2.75) is 12.3 Å². The number of hydrogen-bond acceptors (Lipinski definition) is 8. The molecular weight excluding hydrogens is 488 g/mol. The van der Waals surface area contributed by atoms with Gasteiger partial charge in [0.2, 0.25) is 5.78 Å². The molecule has 0 radical (unpaired) electrons. The summed E-state index contributed by atoms with van der Waals surface area (Å²) >= 11 is 6.13. The molecule has 8 nitrogen and oxygen atoms in total. The molecule has 0 amide bonds. The number of rotatable bonds is 5. The van der Waals surface area contributed by atoms with Crippen LogP contribution in [0.4, 0.5) is 0 Å². The number of methoxy groups -OCH3 is 3. The van der Waals surface area contributed by atoms with E-state index in [-0.39, 0.29) is 28.7 Å². The molecule has 0 saturated heterocycles. The normalized spacial score (nSPS) is 17.2. The number of ketones is 1. The van der Waals surface area contributed by atoms with Crippen molar-refractivity contribution >= 4 is 29.4 Å². The van der Waals surface area contributed by atoms with Crippen molar-refractivity contribution in [1.82, 2.24) is 0 Å². The van der Waals surface area contributed by atoms with E-state index in [1.165, 1.54) is 27.4 Å². The third-order valence-corrected chi connectivity index (χ3v) is 6.48. The average molecular weight is 509 g/mol. The molecule has 0 saturated carbocycles. The van der Waals surface area contributed by atoms with Gasteiger partial charge in [-0.25, -0.2) is 0 Å². The molecule has 2 aliphatic rings. The molecule has 0 fully saturated rings. The van der Waals surface area contributed by atoms with Crippen LogP contribution in [0.25, 0.3) is 6.08 Å². The Hall–Kier alpha value is -4.17. The maximum atomic E-state index is 13.3. The van der Waals surface area contributed by atoms with Crippen molar-refractivity contribution in [3.63, 3.8) is 0 Å². The zero-order valence-corrected chi connectivity index (χ0v) is 20.3. The lowest BCUT2D eigenvalue weighted by Gasteiger charge is -2.26. The van der Waals surface area contributed by atoms with Gasteiger partial charge in [0, 0.05) is 23.1 Å². The Bertz CT molecular complexity index is 1440. The number of carbonyl (C=O) groups is 2. The molecule has 0 unspecified atom stereocenters. The maximum Gasteiger partial charge on any atom is 0.312 e. The Morgan fingerprint density at radius 3 is 2.36 bits per heavy atom. The fourth-order valence-corrected chi connectivity index (χ4v) is 4.63. The van der Waals surface area contributed by atoms with Crippen molar-refractivity contribution < 1.29 is 38.4 Å². The van der Waals surface area contributed by atoms with E-state index in [0.717, 1.165) is 0 Å². The first-order chi connectivity index (χ1) is 17.3. The van der Waals surface area contributed by atoms with E-state index in [9.17, 15) is 14.7 Å². The number of fused-ring (bicyclic) bond motifs is 3. The van der Waals surface area contributed by atoms with Gasteiger partial charge >= 0.3 is 5.97 Å². The number of halogens is 1. The first-order valence-corrected chi connectivity index (χ1v) is 11.3. The summed E-state index contributed by atoms with van der Waals surface area (Å²) in [4.78, 5) is 25.7. The molecule has 1 N–H and O–H groups in total. The van der Waals surface area contributed by atoms with Crippen LogP contribution in [0.15, 0.2) is 48.2 Å². The van der Waals surface area contributed by atoms with Gasteiger partial charge in [-0.05, 0) is 42.0 Å². The van der Waals surface area contributed by atoms with Gasteiger partial charge in [-0.2, -0.15) is 0 Å². The third-order valence-electron chi connectivity index (χ3n) is 6.18. The van der Waals surface area contributed by atoms with Gasteiger partial charge in [0.05, 0.1) is 38.3 Å². The number of benzene rings is 3. The minimum Gasteiger partial charge on any atom is -0.506 e. The monoisotopic (exact) mass is 508 g/mol. The van der Waals surface area contributed by atoms with Crippen LogP contribution >= 0.6 is 11.6 Å². The van der Waals surface area contributed by atoms with Crippen LogP contribution in [0.2, 0.25) is 5.02 Å². The lowest BCUT2D eigenvalue weighted by molar-refractivity contribution is -0.135. The maximum absolute atomic E-state index is 13.3. The molecule has 3 aromatic rings. The standard InChI is InChI=1S/C27H21ClO8/c1-32-20-12-22(34-3)21(33-2)9-14(20)10-23-26(31)15-5-7-19-25(27(15)36-23)16(11-24(30)35-19)13-4-6-18(29)17(28)8-13/h4-10,12,16,29H,11H2,1-3H3/b23-10-/t16-/m1/s1. The summed E-state index contributed by atoms with van der Waals surface area (Å²) in [6.45, 7) is 0. The minimum absolute atomic E-state index is 0.0185. The quantitative estimate of drug-likeness (QED) is 0.287. The summed E-state index contributed by atoms with van der Waals surface area (Å²) in [5.41, 5.74) is 2.13. The van der Waals surface area contributed by atoms with E-state index in [4.69, 9.17) is 35.3 Å². The van der Waals surface area contributed by atoms with E-state index in [0.29, 0.717) is 51.0 Å². The van der Waals surface area contributed by atoms with Crippen molar-refractivity contribution in [3.8, 4) is 34.5 Å². The van der Waals surface area contributed by atoms with Crippen LogP contribution in [-0.4, -0.2) is 38.2 Å². The average Bonchev–Trinajstić information content (AvgIpc) is 3.19. The molecule has 0 spiro atoms.